The first kappa shape index (κ1) is 17.2. The topological polar surface area (TPSA) is 48.5 Å². The van der Waals surface area contributed by atoms with E-state index in [0.29, 0.717) is 11.4 Å². The summed E-state index contributed by atoms with van der Waals surface area (Å²) in [5.74, 6) is 0.606. The molecule has 6 heteroatoms. The van der Waals surface area contributed by atoms with Gasteiger partial charge in [0.25, 0.3) is 0 Å². The molecule has 2 heterocycles. The number of rotatable bonds is 4. The van der Waals surface area contributed by atoms with Crippen molar-refractivity contribution < 1.29 is 9.18 Å². The van der Waals surface area contributed by atoms with E-state index >= 15 is 0 Å². The molecule has 0 radical (unpaired) electrons. The van der Waals surface area contributed by atoms with Crippen LogP contribution in [-0.4, -0.2) is 37.1 Å². The minimum absolute atomic E-state index is 0.0203. The van der Waals surface area contributed by atoms with Crippen molar-refractivity contribution >= 4 is 23.1 Å². The highest BCUT2D eigenvalue weighted by atomic mass is 19.1. The molecule has 1 aliphatic rings. The molecule has 1 aliphatic heterocycles. The van der Waals surface area contributed by atoms with Gasteiger partial charge in [0.1, 0.15) is 11.6 Å². The third-order valence-electron chi connectivity index (χ3n) is 4.34. The molecule has 132 valence electrons. The van der Waals surface area contributed by atoms with Crippen molar-refractivity contribution in [2.45, 2.75) is 13.8 Å². The lowest BCUT2D eigenvalue weighted by Gasteiger charge is -2.36. The SMILES string of the molecule is CC(C)C(=O)Nc1ccc(N2CCN(c3ccccc3F)CC2)nc1. The van der Waals surface area contributed by atoms with E-state index in [0.717, 1.165) is 32.0 Å². The molecule has 0 spiro atoms. The third-order valence-corrected chi connectivity index (χ3v) is 4.34. The van der Waals surface area contributed by atoms with Crippen LogP contribution < -0.4 is 15.1 Å². The monoisotopic (exact) mass is 342 g/mol. The number of hydrogen-bond acceptors (Lipinski definition) is 4. The number of nitrogens with one attached hydrogen (secondary N) is 1. The van der Waals surface area contributed by atoms with Gasteiger partial charge in [0.15, 0.2) is 0 Å². The van der Waals surface area contributed by atoms with Crippen LogP contribution in [0.3, 0.4) is 0 Å². The lowest BCUT2D eigenvalue weighted by Crippen LogP contribution is -2.47. The molecule has 1 aromatic carbocycles. The van der Waals surface area contributed by atoms with Crippen LogP contribution in [-0.2, 0) is 4.79 Å². The van der Waals surface area contributed by atoms with Gasteiger partial charge >= 0.3 is 0 Å². The van der Waals surface area contributed by atoms with Crippen molar-refractivity contribution in [3.63, 3.8) is 0 Å². The van der Waals surface area contributed by atoms with Crippen LogP contribution in [0.2, 0.25) is 0 Å². The van der Waals surface area contributed by atoms with Crippen molar-refractivity contribution in [2.24, 2.45) is 5.92 Å². The van der Waals surface area contributed by atoms with Gasteiger partial charge in [0.2, 0.25) is 5.91 Å². The van der Waals surface area contributed by atoms with Crippen LogP contribution in [0.1, 0.15) is 13.8 Å². The van der Waals surface area contributed by atoms with Gasteiger partial charge in [-0.15, -0.1) is 0 Å². The molecule has 1 saturated heterocycles. The molecule has 1 fully saturated rings. The van der Waals surface area contributed by atoms with Crippen LogP contribution in [0, 0.1) is 11.7 Å². The molecule has 0 unspecified atom stereocenters. The molecule has 1 aromatic heterocycles. The van der Waals surface area contributed by atoms with Gasteiger partial charge in [0.05, 0.1) is 17.6 Å². The lowest BCUT2D eigenvalue weighted by molar-refractivity contribution is -0.118. The quantitative estimate of drug-likeness (QED) is 0.927. The van der Waals surface area contributed by atoms with E-state index in [1.807, 2.05) is 38.1 Å². The Morgan fingerprint density at radius 1 is 1.08 bits per heavy atom. The predicted molar refractivity (Wildman–Crippen MR) is 98.5 cm³/mol. The summed E-state index contributed by atoms with van der Waals surface area (Å²) in [6.07, 6.45) is 1.68. The lowest BCUT2D eigenvalue weighted by atomic mass is 10.2. The van der Waals surface area contributed by atoms with Crippen molar-refractivity contribution in [1.82, 2.24) is 4.98 Å². The summed E-state index contributed by atoms with van der Waals surface area (Å²) < 4.78 is 13.9. The summed E-state index contributed by atoms with van der Waals surface area (Å²) in [4.78, 5) is 20.4. The van der Waals surface area contributed by atoms with Crippen LogP contribution in [0.4, 0.5) is 21.6 Å². The van der Waals surface area contributed by atoms with Crippen molar-refractivity contribution in [3.05, 3.63) is 48.4 Å². The fraction of sp³-hybridized carbons (Fsp3) is 0.368. The summed E-state index contributed by atoms with van der Waals surface area (Å²) >= 11 is 0. The molecule has 0 atom stereocenters. The van der Waals surface area contributed by atoms with Crippen LogP contribution in [0.5, 0.6) is 0 Å². The zero-order valence-electron chi connectivity index (χ0n) is 14.6. The Balaban J connectivity index is 1.59. The van der Waals surface area contributed by atoms with Gasteiger partial charge in [-0.25, -0.2) is 9.37 Å². The second kappa shape index (κ2) is 7.51. The maximum atomic E-state index is 13.9. The van der Waals surface area contributed by atoms with E-state index in [1.165, 1.54) is 6.07 Å². The largest absolute Gasteiger partial charge is 0.366 e. The zero-order chi connectivity index (χ0) is 17.8. The third kappa shape index (κ3) is 4.07. The average molecular weight is 342 g/mol. The summed E-state index contributed by atoms with van der Waals surface area (Å²) in [6, 6.07) is 10.7. The number of nitrogens with zero attached hydrogens (tertiary/aromatic N) is 3. The van der Waals surface area contributed by atoms with E-state index in [1.54, 1.807) is 12.3 Å². The van der Waals surface area contributed by atoms with Crippen LogP contribution in [0.15, 0.2) is 42.6 Å². The van der Waals surface area contributed by atoms with E-state index in [9.17, 15) is 9.18 Å². The maximum Gasteiger partial charge on any atom is 0.226 e. The molecule has 25 heavy (non-hydrogen) atoms. The Hall–Kier alpha value is -2.63. The van der Waals surface area contributed by atoms with Gasteiger partial charge in [-0.1, -0.05) is 26.0 Å². The van der Waals surface area contributed by atoms with Gasteiger partial charge in [-0.3, -0.25) is 4.79 Å². The normalized spacial score (nSPS) is 14.7. The number of carbonyl (C=O) groups is 1. The summed E-state index contributed by atoms with van der Waals surface area (Å²) in [5, 5.41) is 2.84. The Morgan fingerprint density at radius 3 is 2.36 bits per heavy atom. The summed E-state index contributed by atoms with van der Waals surface area (Å²) in [6.45, 7) is 6.75. The van der Waals surface area contributed by atoms with E-state index in [2.05, 4.69) is 20.1 Å². The van der Waals surface area contributed by atoms with Crippen LogP contribution in [0.25, 0.3) is 0 Å². The Labute approximate surface area is 147 Å². The molecule has 2 aromatic rings. The van der Waals surface area contributed by atoms with Crippen molar-refractivity contribution in [3.8, 4) is 0 Å². The Kier molecular flexibility index (Phi) is 5.16. The molecule has 0 aliphatic carbocycles. The number of aromatic nitrogens is 1. The highest BCUT2D eigenvalue weighted by molar-refractivity contribution is 5.91. The Morgan fingerprint density at radius 2 is 1.76 bits per heavy atom. The first-order chi connectivity index (χ1) is 12.0. The molecule has 1 amide bonds. The van der Waals surface area contributed by atoms with Crippen molar-refractivity contribution in [2.75, 3.05) is 41.3 Å². The van der Waals surface area contributed by atoms with Crippen molar-refractivity contribution in [1.29, 1.82) is 0 Å². The average Bonchev–Trinajstić information content (AvgIpc) is 2.63. The minimum atomic E-state index is -0.181. The number of para-hydroxylation sites is 1. The summed E-state index contributed by atoms with van der Waals surface area (Å²) in [5.41, 5.74) is 1.36. The maximum absolute atomic E-state index is 13.9. The van der Waals surface area contributed by atoms with Gasteiger partial charge in [-0.05, 0) is 24.3 Å². The molecule has 3 rings (SSSR count). The highest BCUT2D eigenvalue weighted by Crippen LogP contribution is 2.22. The number of carbonyl (C=O) groups excluding carboxylic acids is 1. The molecular formula is C19H23FN4O. The Bertz CT molecular complexity index is 724. The zero-order valence-corrected chi connectivity index (χ0v) is 14.6. The molecule has 0 bridgehead atoms. The van der Waals surface area contributed by atoms with E-state index < -0.39 is 0 Å². The molecule has 5 nitrogen and oxygen atoms in total. The predicted octanol–water partition coefficient (Wildman–Crippen LogP) is 3.14. The number of amides is 1. The van der Waals surface area contributed by atoms with Gasteiger partial charge in [0, 0.05) is 32.1 Å². The minimum Gasteiger partial charge on any atom is -0.366 e. The number of anilines is 3. The highest BCUT2D eigenvalue weighted by Gasteiger charge is 2.20. The number of pyridine rings is 1. The summed E-state index contributed by atoms with van der Waals surface area (Å²) in [7, 11) is 0. The number of piperazine rings is 1. The smallest absolute Gasteiger partial charge is 0.226 e. The fourth-order valence-electron chi connectivity index (χ4n) is 2.82. The first-order valence-corrected chi connectivity index (χ1v) is 8.56. The standard InChI is InChI=1S/C19H23FN4O/c1-14(2)19(25)22-15-7-8-18(21-13-15)24-11-9-23(10-12-24)17-6-4-3-5-16(17)20/h3-8,13-14H,9-12H2,1-2H3,(H,22,25). The van der Waals surface area contributed by atoms with E-state index in [-0.39, 0.29) is 17.6 Å². The second-order valence-electron chi connectivity index (χ2n) is 6.47. The fourth-order valence-corrected chi connectivity index (χ4v) is 2.82. The number of hydrogen-bond donors (Lipinski definition) is 1. The number of halogens is 1. The van der Waals surface area contributed by atoms with E-state index in [4.69, 9.17) is 0 Å². The van der Waals surface area contributed by atoms with Crippen LogP contribution >= 0.6 is 0 Å². The number of benzene rings is 1. The van der Waals surface area contributed by atoms with Gasteiger partial charge < -0.3 is 15.1 Å². The first-order valence-electron chi connectivity index (χ1n) is 8.56. The molecule has 1 N–H and O–H groups in total. The molecular weight excluding hydrogens is 319 g/mol. The van der Waals surface area contributed by atoms with Gasteiger partial charge in [-0.2, -0.15) is 0 Å². The second-order valence-corrected chi connectivity index (χ2v) is 6.47. The molecule has 0 saturated carbocycles.